The summed E-state index contributed by atoms with van der Waals surface area (Å²) in [6, 6.07) is 19.8. The van der Waals surface area contributed by atoms with Crippen LogP contribution in [0.2, 0.25) is 0 Å². The molecule has 0 aliphatic rings. The number of pyridine rings is 1. The number of rotatable bonds is 3. The zero-order valence-corrected chi connectivity index (χ0v) is 11.3. The monoisotopic (exact) mass is 275 g/mol. The molecule has 102 valence electrons. The van der Waals surface area contributed by atoms with Crippen molar-refractivity contribution >= 4 is 21.9 Å². The van der Waals surface area contributed by atoms with Gasteiger partial charge >= 0.3 is 0 Å². The van der Waals surface area contributed by atoms with E-state index >= 15 is 0 Å². The quantitative estimate of drug-likeness (QED) is 0.549. The number of furan rings is 1. The summed E-state index contributed by atoms with van der Waals surface area (Å²) in [6.45, 7) is 0.393. The van der Waals surface area contributed by atoms with Crippen LogP contribution >= 0.6 is 0 Å². The van der Waals surface area contributed by atoms with E-state index in [2.05, 4.69) is 4.98 Å². The van der Waals surface area contributed by atoms with Gasteiger partial charge in [-0.1, -0.05) is 36.4 Å². The molecule has 0 bridgehead atoms. The molecule has 21 heavy (non-hydrogen) atoms. The highest BCUT2D eigenvalue weighted by Crippen LogP contribution is 2.25. The van der Waals surface area contributed by atoms with E-state index < -0.39 is 0 Å². The van der Waals surface area contributed by atoms with Gasteiger partial charge in [0.2, 0.25) is 0 Å². The summed E-state index contributed by atoms with van der Waals surface area (Å²) in [5, 5.41) is 2.16. The van der Waals surface area contributed by atoms with Gasteiger partial charge in [0.25, 0.3) is 0 Å². The van der Waals surface area contributed by atoms with Crippen molar-refractivity contribution in [1.82, 2.24) is 4.98 Å². The molecule has 3 heteroatoms. The van der Waals surface area contributed by atoms with E-state index in [4.69, 9.17) is 9.15 Å². The maximum Gasteiger partial charge on any atom is 0.146 e. The predicted octanol–water partition coefficient (Wildman–Crippen LogP) is 4.56. The zero-order chi connectivity index (χ0) is 14.1. The van der Waals surface area contributed by atoms with Crippen LogP contribution in [0.4, 0.5) is 0 Å². The first-order chi connectivity index (χ1) is 10.4. The maximum atomic E-state index is 5.88. The Morgan fingerprint density at radius 2 is 1.76 bits per heavy atom. The summed E-state index contributed by atoms with van der Waals surface area (Å²) in [5.74, 6) is 1.58. The summed E-state index contributed by atoms with van der Waals surface area (Å²) >= 11 is 0. The normalized spacial score (nSPS) is 11.0. The van der Waals surface area contributed by atoms with E-state index in [1.165, 1.54) is 0 Å². The predicted molar refractivity (Wildman–Crippen MR) is 82.3 cm³/mol. The fourth-order valence-electron chi connectivity index (χ4n) is 2.45. The Morgan fingerprint density at radius 3 is 2.71 bits per heavy atom. The minimum atomic E-state index is 0.393. The van der Waals surface area contributed by atoms with Crippen LogP contribution in [-0.4, -0.2) is 4.98 Å². The average molecular weight is 275 g/mol. The molecule has 4 rings (SSSR count). The Balaban J connectivity index is 1.63. The van der Waals surface area contributed by atoms with Gasteiger partial charge in [-0.3, -0.25) is 4.98 Å². The van der Waals surface area contributed by atoms with Crippen LogP contribution < -0.4 is 4.74 Å². The first-order valence-electron chi connectivity index (χ1n) is 6.84. The van der Waals surface area contributed by atoms with Crippen molar-refractivity contribution < 1.29 is 9.15 Å². The van der Waals surface area contributed by atoms with Gasteiger partial charge in [0, 0.05) is 17.0 Å². The van der Waals surface area contributed by atoms with E-state index in [0.29, 0.717) is 6.61 Å². The molecule has 0 spiro atoms. The van der Waals surface area contributed by atoms with Crippen LogP contribution in [0, 0.1) is 0 Å². The van der Waals surface area contributed by atoms with Gasteiger partial charge in [-0.25, -0.2) is 0 Å². The summed E-state index contributed by atoms with van der Waals surface area (Å²) in [6.07, 6.45) is 1.77. The standard InChI is InChI=1S/C18H13NO2/c1-2-8-16-14(5-1)11-15(21-16)12-20-17-9-3-6-13-7-4-10-19-18(13)17/h1-11H,12H2. The fourth-order valence-corrected chi connectivity index (χ4v) is 2.45. The van der Waals surface area contributed by atoms with E-state index in [1.807, 2.05) is 60.7 Å². The number of nitrogens with zero attached hydrogens (tertiary/aromatic N) is 1. The molecule has 2 heterocycles. The second kappa shape index (κ2) is 4.94. The molecule has 2 aromatic carbocycles. The Kier molecular flexibility index (Phi) is 2.82. The Hall–Kier alpha value is -2.81. The molecule has 0 unspecified atom stereocenters. The summed E-state index contributed by atoms with van der Waals surface area (Å²) < 4.78 is 11.6. The summed E-state index contributed by atoms with van der Waals surface area (Å²) in [4.78, 5) is 4.38. The van der Waals surface area contributed by atoms with Crippen LogP contribution in [0.3, 0.4) is 0 Å². The van der Waals surface area contributed by atoms with Gasteiger partial charge in [-0.05, 0) is 24.3 Å². The number of hydrogen-bond acceptors (Lipinski definition) is 3. The lowest BCUT2D eigenvalue weighted by Crippen LogP contribution is -1.95. The largest absolute Gasteiger partial charge is 0.483 e. The molecule has 0 fully saturated rings. The molecule has 0 amide bonds. The molecule has 3 nitrogen and oxygen atoms in total. The number of para-hydroxylation sites is 2. The molecule has 0 saturated heterocycles. The first kappa shape index (κ1) is 12.0. The van der Waals surface area contributed by atoms with Crippen molar-refractivity contribution in [2.75, 3.05) is 0 Å². The zero-order valence-electron chi connectivity index (χ0n) is 11.3. The molecule has 0 aliphatic heterocycles. The van der Waals surface area contributed by atoms with Gasteiger partial charge in [0.15, 0.2) is 0 Å². The number of ether oxygens (including phenoxy) is 1. The van der Waals surface area contributed by atoms with Crippen molar-refractivity contribution in [1.29, 1.82) is 0 Å². The molecule has 2 aromatic heterocycles. The van der Waals surface area contributed by atoms with E-state index in [-0.39, 0.29) is 0 Å². The van der Waals surface area contributed by atoms with Gasteiger partial charge in [0.05, 0.1) is 0 Å². The minimum Gasteiger partial charge on any atom is -0.483 e. The Bertz CT molecular complexity index is 873. The van der Waals surface area contributed by atoms with E-state index in [0.717, 1.165) is 33.4 Å². The van der Waals surface area contributed by atoms with Gasteiger partial charge in [-0.15, -0.1) is 0 Å². The molecule has 4 aromatic rings. The lowest BCUT2D eigenvalue weighted by Gasteiger charge is -2.06. The van der Waals surface area contributed by atoms with Crippen molar-refractivity contribution in [3.05, 3.63) is 72.6 Å². The van der Waals surface area contributed by atoms with Crippen molar-refractivity contribution in [2.24, 2.45) is 0 Å². The fraction of sp³-hybridized carbons (Fsp3) is 0.0556. The van der Waals surface area contributed by atoms with Crippen LogP contribution in [0.1, 0.15) is 5.76 Å². The third-order valence-electron chi connectivity index (χ3n) is 3.44. The second-order valence-electron chi connectivity index (χ2n) is 4.87. The van der Waals surface area contributed by atoms with Gasteiger partial charge < -0.3 is 9.15 Å². The molecule has 0 radical (unpaired) electrons. The molecule has 0 atom stereocenters. The van der Waals surface area contributed by atoms with Crippen molar-refractivity contribution in [2.45, 2.75) is 6.61 Å². The SMILES string of the molecule is c1ccc2oc(COc3cccc4cccnc34)cc2c1. The highest BCUT2D eigenvalue weighted by atomic mass is 16.5. The number of benzene rings is 2. The Morgan fingerprint density at radius 1 is 0.905 bits per heavy atom. The molecule has 0 N–H and O–H groups in total. The Labute approximate surface area is 121 Å². The van der Waals surface area contributed by atoms with Crippen LogP contribution in [-0.2, 0) is 6.61 Å². The molecular weight excluding hydrogens is 262 g/mol. The van der Waals surface area contributed by atoms with Gasteiger partial charge in [0.1, 0.15) is 29.2 Å². The molecule has 0 aliphatic carbocycles. The van der Waals surface area contributed by atoms with Crippen LogP contribution in [0.15, 0.2) is 71.3 Å². The highest BCUT2D eigenvalue weighted by Gasteiger charge is 2.06. The highest BCUT2D eigenvalue weighted by molar-refractivity contribution is 5.84. The number of aromatic nitrogens is 1. The summed E-state index contributed by atoms with van der Waals surface area (Å²) in [7, 11) is 0. The van der Waals surface area contributed by atoms with Crippen molar-refractivity contribution in [3.8, 4) is 5.75 Å². The van der Waals surface area contributed by atoms with Crippen LogP contribution in [0.25, 0.3) is 21.9 Å². The third-order valence-corrected chi connectivity index (χ3v) is 3.44. The van der Waals surface area contributed by atoms with Crippen LogP contribution in [0.5, 0.6) is 5.75 Å². The van der Waals surface area contributed by atoms with E-state index in [1.54, 1.807) is 6.20 Å². The van der Waals surface area contributed by atoms with Gasteiger partial charge in [-0.2, -0.15) is 0 Å². The third kappa shape index (κ3) is 2.23. The first-order valence-corrected chi connectivity index (χ1v) is 6.84. The lowest BCUT2D eigenvalue weighted by molar-refractivity contribution is 0.277. The van der Waals surface area contributed by atoms with Crippen molar-refractivity contribution in [3.63, 3.8) is 0 Å². The minimum absolute atomic E-state index is 0.393. The summed E-state index contributed by atoms with van der Waals surface area (Å²) in [5.41, 5.74) is 1.75. The molecular formula is C18H13NO2. The number of hydrogen-bond donors (Lipinski definition) is 0. The average Bonchev–Trinajstić information content (AvgIpc) is 2.96. The number of fused-ring (bicyclic) bond motifs is 2. The molecule has 0 saturated carbocycles. The smallest absolute Gasteiger partial charge is 0.146 e. The maximum absolute atomic E-state index is 5.88. The topological polar surface area (TPSA) is 35.3 Å². The van der Waals surface area contributed by atoms with E-state index in [9.17, 15) is 0 Å². The lowest BCUT2D eigenvalue weighted by atomic mass is 10.2. The second-order valence-corrected chi connectivity index (χ2v) is 4.87.